The molecule has 2 bridgehead atoms. The number of amides is 2. The molecule has 1 aromatic carbocycles. The van der Waals surface area contributed by atoms with Crippen molar-refractivity contribution in [2.45, 2.75) is 51.9 Å². The molecule has 0 radical (unpaired) electrons. The van der Waals surface area contributed by atoms with Crippen molar-refractivity contribution in [1.29, 1.82) is 0 Å². The first-order valence-corrected chi connectivity index (χ1v) is 11.0. The monoisotopic (exact) mass is 507 g/mol. The van der Waals surface area contributed by atoms with E-state index in [1.165, 1.54) is 0 Å². The fourth-order valence-corrected chi connectivity index (χ4v) is 3.12. The predicted octanol–water partition coefficient (Wildman–Crippen LogP) is 5.48. The SMILES string of the molecule is C[C@@H]1/C=C/C[C@H](NC(=O)OC(C)(C)C)c2cccc(c2)-c2ncccc2NC1=O.O=C(O)C(F)(F)F. The summed E-state index contributed by atoms with van der Waals surface area (Å²) in [6, 6.07) is 11.2. The topological polar surface area (TPSA) is 118 Å². The smallest absolute Gasteiger partial charge is 0.475 e. The fraction of sp³-hybridized carbons (Fsp3) is 0.360. The van der Waals surface area contributed by atoms with E-state index in [0.717, 1.165) is 11.1 Å². The summed E-state index contributed by atoms with van der Waals surface area (Å²) < 4.78 is 37.2. The van der Waals surface area contributed by atoms with Crippen LogP contribution >= 0.6 is 0 Å². The molecule has 3 rings (SSSR count). The quantitative estimate of drug-likeness (QED) is 0.440. The third kappa shape index (κ3) is 8.71. The zero-order valence-corrected chi connectivity index (χ0v) is 20.2. The zero-order valence-electron chi connectivity index (χ0n) is 20.2. The van der Waals surface area contributed by atoms with Gasteiger partial charge in [0.15, 0.2) is 0 Å². The molecule has 0 spiro atoms. The molecule has 2 amide bonds. The van der Waals surface area contributed by atoms with Crippen LogP contribution in [0.3, 0.4) is 0 Å². The standard InChI is InChI=1S/C23H27N3O3.C2HF3O2/c1-15-8-5-11-18(26-22(28)29-23(2,3)4)16-9-6-10-17(14-16)20-19(25-21(15)27)12-7-13-24-20;3-2(4,5)1(6)7/h5-10,12-15,18H,11H2,1-4H3,(H,25,27)(H,26,28);(H,6,7)/b8-5+;/t15-,18+;/m1./s1. The summed E-state index contributed by atoms with van der Waals surface area (Å²) >= 11 is 0. The number of pyridine rings is 1. The number of aromatic nitrogens is 1. The van der Waals surface area contributed by atoms with Crippen molar-refractivity contribution >= 4 is 23.7 Å². The van der Waals surface area contributed by atoms with Crippen LogP contribution in [0.15, 0.2) is 54.7 Å². The number of hydrogen-bond donors (Lipinski definition) is 3. The number of carboxylic acid groups (broad SMARTS) is 1. The molecular formula is C25H28F3N3O5. The summed E-state index contributed by atoms with van der Waals surface area (Å²) in [5.74, 6) is -3.18. The largest absolute Gasteiger partial charge is 0.490 e. The highest BCUT2D eigenvalue weighted by molar-refractivity contribution is 5.96. The van der Waals surface area contributed by atoms with Crippen molar-refractivity contribution in [3.05, 3.63) is 60.3 Å². The number of alkyl halides is 3. The molecule has 0 saturated carbocycles. The molecule has 1 aliphatic heterocycles. The van der Waals surface area contributed by atoms with E-state index in [-0.39, 0.29) is 17.9 Å². The van der Waals surface area contributed by atoms with Gasteiger partial charge >= 0.3 is 18.2 Å². The molecule has 2 heterocycles. The van der Waals surface area contributed by atoms with Crippen LogP contribution in [0.25, 0.3) is 11.3 Å². The molecule has 0 fully saturated rings. The maximum Gasteiger partial charge on any atom is 0.490 e. The van der Waals surface area contributed by atoms with Crippen LogP contribution in [0.4, 0.5) is 23.7 Å². The molecule has 11 heteroatoms. The number of nitrogens with one attached hydrogen (secondary N) is 2. The molecule has 2 atom stereocenters. The second kappa shape index (κ2) is 11.7. The number of ether oxygens (including phenoxy) is 1. The van der Waals surface area contributed by atoms with Gasteiger partial charge in [0.05, 0.1) is 23.3 Å². The van der Waals surface area contributed by atoms with Crippen molar-refractivity contribution in [3.63, 3.8) is 0 Å². The third-order valence-corrected chi connectivity index (χ3v) is 4.77. The summed E-state index contributed by atoms with van der Waals surface area (Å²) in [5.41, 5.74) is 2.58. The number of fused-ring (bicyclic) bond motifs is 4. The molecule has 194 valence electrons. The van der Waals surface area contributed by atoms with E-state index < -0.39 is 23.8 Å². The van der Waals surface area contributed by atoms with E-state index in [2.05, 4.69) is 15.6 Å². The molecule has 8 nitrogen and oxygen atoms in total. The van der Waals surface area contributed by atoms with E-state index in [1.54, 1.807) is 12.3 Å². The Balaban J connectivity index is 0.000000572. The predicted molar refractivity (Wildman–Crippen MR) is 127 cm³/mol. The first-order valence-electron chi connectivity index (χ1n) is 11.0. The third-order valence-electron chi connectivity index (χ3n) is 4.77. The van der Waals surface area contributed by atoms with E-state index in [1.807, 2.05) is 70.2 Å². The van der Waals surface area contributed by atoms with E-state index >= 15 is 0 Å². The summed E-state index contributed by atoms with van der Waals surface area (Å²) in [6.45, 7) is 7.33. The molecule has 1 aliphatic rings. The molecule has 0 aliphatic carbocycles. The van der Waals surface area contributed by atoms with Crippen LogP contribution in [0.5, 0.6) is 0 Å². The van der Waals surface area contributed by atoms with Gasteiger partial charge in [-0.3, -0.25) is 9.78 Å². The van der Waals surface area contributed by atoms with Crippen molar-refractivity contribution in [3.8, 4) is 11.3 Å². The summed E-state index contributed by atoms with van der Waals surface area (Å²) in [6.07, 6.45) is 0.446. The average molecular weight is 508 g/mol. The Morgan fingerprint density at radius 1 is 1.17 bits per heavy atom. The second-order valence-corrected chi connectivity index (χ2v) is 8.97. The lowest BCUT2D eigenvalue weighted by atomic mass is 9.97. The number of aliphatic carboxylic acids is 1. The highest BCUT2D eigenvalue weighted by Gasteiger charge is 2.38. The first-order chi connectivity index (χ1) is 16.7. The number of halogens is 3. The number of nitrogens with zero attached hydrogens (tertiary/aromatic N) is 1. The normalized spacial score (nSPS) is 18.6. The number of carbonyl (C=O) groups is 3. The molecule has 1 aromatic heterocycles. The van der Waals surface area contributed by atoms with E-state index in [9.17, 15) is 22.8 Å². The summed E-state index contributed by atoms with van der Waals surface area (Å²) in [7, 11) is 0. The van der Waals surface area contributed by atoms with Gasteiger partial charge in [-0.1, -0.05) is 37.3 Å². The number of alkyl carbamates (subject to hydrolysis) is 1. The van der Waals surface area contributed by atoms with Gasteiger partial charge in [-0.15, -0.1) is 0 Å². The Morgan fingerprint density at radius 3 is 2.44 bits per heavy atom. The van der Waals surface area contributed by atoms with Gasteiger partial charge in [-0.25, -0.2) is 9.59 Å². The Bertz CT molecular complexity index is 1130. The maximum absolute atomic E-state index is 12.6. The van der Waals surface area contributed by atoms with Crippen LogP contribution in [0, 0.1) is 5.92 Å². The van der Waals surface area contributed by atoms with Gasteiger partial charge in [-0.05, 0) is 51.0 Å². The van der Waals surface area contributed by atoms with Crippen LogP contribution in [-0.4, -0.2) is 39.8 Å². The fourth-order valence-electron chi connectivity index (χ4n) is 3.12. The minimum Gasteiger partial charge on any atom is -0.475 e. The highest BCUT2D eigenvalue weighted by Crippen LogP contribution is 2.30. The van der Waals surface area contributed by atoms with Crippen LogP contribution in [0.1, 0.15) is 45.7 Å². The summed E-state index contributed by atoms with van der Waals surface area (Å²) in [4.78, 5) is 38.3. The van der Waals surface area contributed by atoms with E-state index in [4.69, 9.17) is 14.6 Å². The Morgan fingerprint density at radius 2 is 1.83 bits per heavy atom. The van der Waals surface area contributed by atoms with Crippen LogP contribution in [0.2, 0.25) is 0 Å². The number of carboxylic acids is 1. The molecule has 36 heavy (non-hydrogen) atoms. The Hall–Kier alpha value is -3.89. The van der Waals surface area contributed by atoms with Gasteiger partial charge in [0.2, 0.25) is 5.91 Å². The van der Waals surface area contributed by atoms with Gasteiger partial charge in [0.25, 0.3) is 0 Å². The van der Waals surface area contributed by atoms with Crippen LogP contribution in [-0.2, 0) is 14.3 Å². The number of carbonyl (C=O) groups excluding carboxylic acids is 2. The van der Waals surface area contributed by atoms with Crippen molar-refractivity contribution in [2.24, 2.45) is 5.92 Å². The first kappa shape index (κ1) is 28.3. The minimum absolute atomic E-state index is 0.108. The number of hydrogen-bond acceptors (Lipinski definition) is 5. The molecule has 0 saturated heterocycles. The van der Waals surface area contributed by atoms with Crippen molar-refractivity contribution < 1.29 is 37.4 Å². The van der Waals surface area contributed by atoms with Gasteiger partial charge in [0, 0.05) is 11.8 Å². The van der Waals surface area contributed by atoms with Crippen LogP contribution < -0.4 is 10.6 Å². The Kier molecular flexibility index (Phi) is 9.21. The molecule has 2 aromatic rings. The minimum atomic E-state index is -5.08. The number of rotatable bonds is 1. The zero-order chi connectivity index (χ0) is 27.1. The number of anilines is 1. The molecule has 0 unspecified atom stereocenters. The average Bonchev–Trinajstić information content (AvgIpc) is 2.76. The maximum atomic E-state index is 12.6. The van der Waals surface area contributed by atoms with Crippen molar-refractivity contribution in [1.82, 2.24) is 10.3 Å². The summed E-state index contributed by atoms with van der Waals surface area (Å²) in [5, 5.41) is 13.0. The molecular weight excluding hydrogens is 479 g/mol. The lowest BCUT2D eigenvalue weighted by molar-refractivity contribution is -0.192. The highest BCUT2D eigenvalue weighted by atomic mass is 19.4. The lowest BCUT2D eigenvalue weighted by Gasteiger charge is -2.24. The lowest BCUT2D eigenvalue weighted by Crippen LogP contribution is -2.35. The van der Waals surface area contributed by atoms with Gasteiger partial charge < -0.3 is 20.5 Å². The number of benzene rings is 1. The van der Waals surface area contributed by atoms with Crippen molar-refractivity contribution in [2.75, 3.05) is 5.32 Å². The molecule has 3 N–H and O–H groups in total. The van der Waals surface area contributed by atoms with Gasteiger partial charge in [0.1, 0.15) is 5.60 Å². The Labute approximate surface area is 206 Å². The van der Waals surface area contributed by atoms with Gasteiger partial charge in [-0.2, -0.15) is 13.2 Å². The van der Waals surface area contributed by atoms with E-state index in [0.29, 0.717) is 17.8 Å². The second-order valence-electron chi connectivity index (χ2n) is 8.97.